The van der Waals surface area contributed by atoms with Crippen LogP contribution in [0.25, 0.3) is 10.9 Å². The summed E-state index contributed by atoms with van der Waals surface area (Å²) in [5.41, 5.74) is 3.15. The minimum atomic E-state index is -0.226. The van der Waals surface area contributed by atoms with Gasteiger partial charge in [0.2, 0.25) is 0 Å². The summed E-state index contributed by atoms with van der Waals surface area (Å²) in [5, 5.41) is 7.79. The summed E-state index contributed by atoms with van der Waals surface area (Å²) in [5.74, 6) is 1.56. The first-order valence-electron chi connectivity index (χ1n) is 10.7. The number of pyridine rings is 1. The molecule has 0 radical (unpaired) electrons. The van der Waals surface area contributed by atoms with Crippen molar-refractivity contribution in [2.45, 2.75) is 13.0 Å². The first-order chi connectivity index (χ1) is 15.1. The fourth-order valence-electron chi connectivity index (χ4n) is 3.87. The molecule has 2 aromatic heterocycles. The predicted octanol–water partition coefficient (Wildman–Crippen LogP) is 2.98. The first kappa shape index (κ1) is 24.2. The van der Waals surface area contributed by atoms with Gasteiger partial charge in [0, 0.05) is 69.6 Å². The summed E-state index contributed by atoms with van der Waals surface area (Å²) >= 11 is 0. The number of aliphatic imine (C=N–C) groups is 1. The third kappa shape index (κ3) is 6.10. The molecule has 32 heavy (non-hydrogen) atoms. The standard InChI is InChI=1S/C23H30FN7.HI/c1-25-23(27-8-6-18-16-28-21-14-19(24)3-4-20(18)21)29-15-17-5-7-26-22(13-17)31-11-9-30(2)10-12-31;/h3-5,7,13-14,16,28H,6,8-12,15H2,1-2H3,(H2,25,27,29);1H. The highest BCUT2D eigenvalue weighted by atomic mass is 127. The smallest absolute Gasteiger partial charge is 0.191 e. The molecule has 3 heterocycles. The molecule has 0 spiro atoms. The summed E-state index contributed by atoms with van der Waals surface area (Å²) in [7, 11) is 3.92. The summed E-state index contributed by atoms with van der Waals surface area (Å²) in [4.78, 5) is 16.7. The number of aromatic nitrogens is 2. The van der Waals surface area contributed by atoms with Crippen molar-refractivity contribution in [3.63, 3.8) is 0 Å². The molecule has 4 rings (SSSR count). The highest BCUT2D eigenvalue weighted by Crippen LogP contribution is 2.19. The van der Waals surface area contributed by atoms with Crippen LogP contribution in [0, 0.1) is 5.82 Å². The Labute approximate surface area is 205 Å². The number of guanidine groups is 1. The molecule has 0 bridgehead atoms. The van der Waals surface area contributed by atoms with Crippen LogP contribution in [-0.4, -0.2) is 67.6 Å². The minimum Gasteiger partial charge on any atom is -0.361 e. The van der Waals surface area contributed by atoms with E-state index in [1.807, 2.05) is 24.5 Å². The van der Waals surface area contributed by atoms with Gasteiger partial charge in [0.15, 0.2) is 5.96 Å². The Bertz CT molecular complexity index is 1040. The van der Waals surface area contributed by atoms with Crippen molar-refractivity contribution in [1.29, 1.82) is 0 Å². The van der Waals surface area contributed by atoms with Crippen molar-refractivity contribution in [2.75, 3.05) is 51.7 Å². The van der Waals surface area contributed by atoms with Gasteiger partial charge in [-0.15, -0.1) is 24.0 Å². The van der Waals surface area contributed by atoms with Crippen LogP contribution in [0.1, 0.15) is 11.1 Å². The Morgan fingerprint density at radius 3 is 2.75 bits per heavy atom. The molecule has 1 fully saturated rings. The number of aromatic amines is 1. The number of H-pyrrole nitrogens is 1. The van der Waals surface area contributed by atoms with E-state index in [0.29, 0.717) is 6.54 Å². The number of halogens is 2. The lowest BCUT2D eigenvalue weighted by atomic mass is 10.1. The summed E-state index contributed by atoms with van der Waals surface area (Å²) in [6, 6.07) is 9.03. The van der Waals surface area contributed by atoms with Gasteiger partial charge in [0.1, 0.15) is 11.6 Å². The number of hydrogen-bond acceptors (Lipinski definition) is 4. The quantitative estimate of drug-likeness (QED) is 0.250. The van der Waals surface area contributed by atoms with Crippen molar-refractivity contribution in [3.8, 4) is 0 Å². The van der Waals surface area contributed by atoms with Crippen LogP contribution in [0.3, 0.4) is 0 Å². The molecular weight excluding hydrogens is 520 g/mol. The van der Waals surface area contributed by atoms with Gasteiger partial charge in [-0.2, -0.15) is 0 Å². The topological polar surface area (TPSA) is 71.6 Å². The molecular formula is C23H31FIN7. The van der Waals surface area contributed by atoms with Crippen molar-refractivity contribution < 1.29 is 4.39 Å². The first-order valence-corrected chi connectivity index (χ1v) is 10.7. The molecule has 0 saturated carbocycles. The maximum Gasteiger partial charge on any atom is 0.191 e. The second-order valence-electron chi connectivity index (χ2n) is 7.92. The van der Waals surface area contributed by atoms with Crippen LogP contribution >= 0.6 is 24.0 Å². The second kappa shape index (κ2) is 11.5. The molecule has 1 saturated heterocycles. The Hall–Kier alpha value is -2.40. The van der Waals surface area contributed by atoms with Gasteiger partial charge < -0.3 is 25.4 Å². The van der Waals surface area contributed by atoms with E-state index in [4.69, 9.17) is 0 Å². The molecule has 7 nitrogen and oxygen atoms in total. The number of nitrogens with zero attached hydrogens (tertiary/aromatic N) is 4. The number of benzene rings is 1. The molecule has 3 aromatic rings. The average Bonchev–Trinajstić information content (AvgIpc) is 3.18. The van der Waals surface area contributed by atoms with E-state index in [0.717, 1.165) is 67.4 Å². The highest BCUT2D eigenvalue weighted by molar-refractivity contribution is 14.0. The summed E-state index contributed by atoms with van der Waals surface area (Å²) < 4.78 is 13.4. The molecule has 3 N–H and O–H groups in total. The van der Waals surface area contributed by atoms with Crippen LogP contribution in [0.15, 0.2) is 47.7 Å². The molecule has 172 valence electrons. The third-order valence-corrected chi connectivity index (χ3v) is 5.74. The molecule has 1 aliphatic heterocycles. The van der Waals surface area contributed by atoms with E-state index >= 15 is 0 Å². The van der Waals surface area contributed by atoms with Crippen molar-refractivity contribution >= 4 is 46.7 Å². The zero-order valence-electron chi connectivity index (χ0n) is 18.6. The van der Waals surface area contributed by atoms with Gasteiger partial charge in [0.25, 0.3) is 0 Å². The van der Waals surface area contributed by atoms with Crippen LogP contribution in [0.4, 0.5) is 10.2 Å². The largest absolute Gasteiger partial charge is 0.361 e. The van der Waals surface area contributed by atoms with Gasteiger partial charge in [-0.1, -0.05) is 0 Å². The molecule has 0 aliphatic carbocycles. The van der Waals surface area contributed by atoms with Crippen molar-refractivity contribution in [1.82, 2.24) is 25.5 Å². The lowest BCUT2D eigenvalue weighted by molar-refractivity contribution is 0.312. The highest BCUT2D eigenvalue weighted by Gasteiger charge is 2.15. The Morgan fingerprint density at radius 1 is 1.16 bits per heavy atom. The molecule has 0 atom stereocenters. The number of fused-ring (bicyclic) bond motifs is 1. The summed E-state index contributed by atoms with van der Waals surface area (Å²) in [6.45, 7) is 5.54. The van der Waals surface area contributed by atoms with E-state index in [9.17, 15) is 4.39 Å². The van der Waals surface area contributed by atoms with E-state index in [1.165, 1.54) is 17.7 Å². The molecule has 0 amide bonds. The number of anilines is 1. The average molecular weight is 551 g/mol. The molecule has 0 unspecified atom stereocenters. The van der Waals surface area contributed by atoms with Crippen molar-refractivity contribution in [3.05, 3.63) is 59.7 Å². The van der Waals surface area contributed by atoms with E-state index < -0.39 is 0 Å². The van der Waals surface area contributed by atoms with Gasteiger partial charge in [-0.25, -0.2) is 9.37 Å². The number of rotatable bonds is 6. The number of piperazine rings is 1. The van der Waals surface area contributed by atoms with Gasteiger partial charge in [0.05, 0.1) is 0 Å². The van der Waals surface area contributed by atoms with Crippen LogP contribution in [0.5, 0.6) is 0 Å². The van der Waals surface area contributed by atoms with Crippen LogP contribution in [-0.2, 0) is 13.0 Å². The lowest BCUT2D eigenvalue weighted by Crippen LogP contribution is -2.44. The number of likely N-dealkylation sites (N-methyl/N-ethyl adjacent to an activating group) is 1. The van der Waals surface area contributed by atoms with Crippen LogP contribution in [0.2, 0.25) is 0 Å². The predicted molar refractivity (Wildman–Crippen MR) is 140 cm³/mol. The lowest BCUT2D eigenvalue weighted by Gasteiger charge is -2.33. The van der Waals surface area contributed by atoms with E-state index in [1.54, 1.807) is 7.05 Å². The Balaban J connectivity index is 0.00000289. The minimum absolute atomic E-state index is 0. The van der Waals surface area contributed by atoms with E-state index in [-0.39, 0.29) is 29.8 Å². The maximum absolute atomic E-state index is 13.4. The van der Waals surface area contributed by atoms with E-state index in [2.05, 4.69) is 48.5 Å². The molecule has 1 aromatic carbocycles. The van der Waals surface area contributed by atoms with Gasteiger partial charge in [-0.3, -0.25) is 4.99 Å². The number of hydrogen-bond donors (Lipinski definition) is 3. The Morgan fingerprint density at radius 2 is 1.97 bits per heavy atom. The fourth-order valence-corrected chi connectivity index (χ4v) is 3.87. The Kier molecular flexibility index (Phi) is 8.68. The zero-order chi connectivity index (χ0) is 21.6. The van der Waals surface area contributed by atoms with Crippen LogP contribution < -0.4 is 15.5 Å². The van der Waals surface area contributed by atoms with Gasteiger partial charge >= 0.3 is 0 Å². The summed E-state index contributed by atoms with van der Waals surface area (Å²) in [6.07, 6.45) is 4.63. The second-order valence-corrected chi connectivity index (χ2v) is 7.92. The molecule has 9 heteroatoms. The monoisotopic (exact) mass is 551 g/mol. The SMILES string of the molecule is CN=C(NCCc1c[nH]c2cc(F)ccc12)NCc1ccnc(N2CCN(C)CC2)c1.I. The third-order valence-electron chi connectivity index (χ3n) is 5.74. The van der Waals surface area contributed by atoms with Crippen molar-refractivity contribution in [2.24, 2.45) is 4.99 Å². The fraction of sp³-hybridized carbons (Fsp3) is 0.391. The maximum atomic E-state index is 13.4. The normalized spacial score (nSPS) is 15.0. The zero-order valence-corrected chi connectivity index (χ0v) is 20.9. The van der Waals surface area contributed by atoms with Gasteiger partial charge in [-0.05, 0) is 54.9 Å². The molecule has 1 aliphatic rings. The number of nitrogens with one attached hydrogen (secondary N) is 3.